The van der Waals surface area contributed by atoms with Crippen LogP contribution < -0.4 is 10.5 Å². The van der Waals surface area contributed by atoms with Crippen LogP contribution >= 0.6 is 0 Å². The first-order chi connectivity index (χ1) is 16.6. The van der Waals surface area contributed by atoms with Gasteiger partial charge in [0.25, 0.3) is 5.91 Å². The summed E-state index contributed by atoms with van der Waals surface area (Å²) >= 11 is 0. The van der Waals surface area contributed by atoms with E-state index in [0.29, 0.717) is 30.3 Å². The first-order valence-electron chi connectivity index (χ1n) is 11.6. The van der Waals surface area contributed by atoms with Gasteiger partial charge in [0.15, 0.2) is 0 Å². The van der Waals surface area contributed by atoms with Crippen molar-refractivity contribution in [1.29, 1.82) is 0 Å². The Hall–Kier alpha value is -3.93. The summed E-state index contributed by atoms with van der Waals surface area (Å²) in [4.78, 5) is 24.0. The highest BCUT2D eigenvalue weighted by molar-refractivity contribution is 6.15. The molecule has 1 fully saturated rings. The van der Waals surface area contributed by atoms with E-state index < -0.39 is 0 Å². The normalized spacial score (nSPS) is 19.3. The molecular formula is C28H28N4O2. The van der Waals surface area contributed by atoms with Gasteiger partial charge in [0.1, 0.15) is 5.75 Å². The molecular weight excluding hydrogens is 424 g/mol. The fraction of sp³-hybridized carbons (Fsp3) is 0.250. The molecule has 0 atom stereocenters. The molecule has 1 aromatic heterocycles. The third kappa shape index (κ3) is 3.96. The lowest BCUT2D eigenvalue weighted by atomic mass is 9.62. The maximum atomic E-state index is 13.2. The number of allylic oxidation sites excluding steroid dienone is 1. The van der Waals surface area contributed by atoms with Crippen molar-refractivity contribution >= 4 is 11.6 Å². The topological polar surface area (TPSA) is 80.8 Å². The van der Waals surface area contributed by atoms with E-state index in [4.69, 9.17) is 10.5 Å². The molecule has 2 N–H and O–H groups in total. The van der Waals surface area contributed by atoms with E-state index in [9.17, 15) is 4.79 Å². The van der Waals surface area contributed by atoms with Crippen molar-refractivity contribution in [2.75, 3.05) is 20.1 Å². The zero-order valence-corrected chi connectivity index (χ0v) is 19.3. The SMILES string of the molecule is CN=C1/C(=C\N)C2(CCN(C(=O)c3ccc(Oc4ccccc4)nc3)CC2)Cc2ccccc21. The molecule has 1 spiro atoms. The number of para-hydroxylation sites is 1. The number of carbonyl (C=O) groups excluding carboxylic acids is 1. The van der Waals surface area contributed by atoms with E-state index >= 15 is 0 Å². The number of hydrogen-bond acceptors (Lipinski definition) is 5. The molecule has 0 radical (unpaired) electrons. The van der Waals surface area contributed by atoms with Crippen molar-refractivity contribution in [3.05, 3.63) is 101 Å². The molecule has 1 saturated heterocycles. The Morgan fingerprint density at radius 1 is 1.06 bits per heavy atom. The number of nitrogens with zero attached hydrogens (tertiary/aromatic N) is 3. The number of amides is 1. The number of likely N-dealkylation sites (tertiary alicyclic amines) is 1. The molecule has 0 unspecified atom stereocenters. The van der Waals surface area contributed by atoms with Crippen LogP contribution in [0.2, 0.25) is 0 Å². The summed E-state index contributed by atoms with van der Waals surface area (Å²) in [6.07, 6.45) is 5.93. The number of benzene rings is 2. The lowest BCUT2D eigenvalue weighted by molar-refractivity contribution is 0.0631. The minimum absolute atomic E-state index is 0.00696. The molecule has 3 aromatic rings. The van der Waals surface area contributed by atoms with Crippen LogP contribution in [0.5, 0.6) is 11.6 Å². The first kappa shape index (κ1) is 21.9. The highest BCUT2D eigenvalue weighted by Crippen LogP contribution is 2.47. The van der Waals surface area contributed by atoms with Gasteiger partial charge in [-0.15, -0.1) is 0 Å². The van der Waals surface area contributed by atoms with Gasteiger partial charge in [-0.25, -0.2) is 4.98 Å². The van der Waals surface area contributed by atoms with Crippen LogP contribution in [0.3, 0.4) is 0 Å². The Morgan fingerprint density at radius 3 is 2.47 bits per heavy atom. The van der Waals surface area contributed by atoms with Gasteiger partial charge >= 0.3 is 0 Å². The summed E-state index contributed by atoms with van der Waals surface area (Å²) in [5, 5.41) is 0. The van der Waals surface area contributed by atoms with Gasteiger partial charge in [-0.3, -0.25) is 9.79 Å². The molecule has 172 valence electrons. The number of nitrogens with two attached hydrogens (primary N) is 1. The Balaban J connectivity index is 1.30. The van der Waals surface area contributed by atoms with Crippen molar-refractivity contribution in [3.63, 3.8) is 0 Å². The van der Waals surface area contributed by atoms with Crippen LogP contribution in [0.1, 0.15) is 34.3 Å². The molecule has 2 heterocycles. The number of carbonyl (C=O) groups is 1. The number of pyridine rings is 1. The molecule has 34 heavy (non-hydrogen) atoms. The standard InChI is InChI=1S/C28H28N4O2/c1-30-26-23-10-6-5-7-20(23)17-28(24(26)18-29)13-15-32(16-14-28)27(33)21-11-12-25(31-19-21)34-22-8-3-2-4-9-22/h2-12,18-19H,13-17,29H2,1H3/b24-18+,30-26?. The van der Waals surface area contributed by atoms with Gasteiger partial charge in [0, 0.05) is 49.0 Å². The van der Waals surface area contributed by atoms with Crippen molar-refractivity contribution in [2.45, 2.75) is 19.3 Å². The predicted molar refractivity (Wildman–Crippen MR) is 133 cm³/mol. The Kier molecular flexibility index (Phi) is 5.88. The second-order valence-corrected chi connectivity index (χ2v) is 8.86. The quantitative estimate of drug-likeness (QED) is 0.629. The second kappa shape index (κ2) is 9.14. The van der Waals surface area contributed by atoms with E-state index in [-0.39, 0.29) is 11.3 Å². The lowest BCUT2D eigenvalue weighted by Crippen LogP contribution is -2.48. The van der Waals surface area contributed by atoms with Crippen LogP contribution in [0.25, 0.3) is 0 Å². The fourth-order valence-corrected chi connectivity index (χ4v) is 5.20. The summed E-state index contributed by atoms with van der Waals surface area (Å²) in [6, 6.07) is 21.4. The van der Waals surface area contributed by atoms with Crippen LogP contribution in [-0.2, 0) is 6.42 Å². The molecule has 2 aliphatic rings. The zero-order valence-electron chi connectivity index (χ0n) is 19.3. The summed E-state index contributed by atoms with van der Waals surface area (Å²) in [7, 11) is 1.82. The maximum absolute atomic E-state index is 13.2. The molecule has 2 aromatic carbocycles. The number of hydrogen-bond donors (Lipinski definition) is 1. The average molecular weight is 453 g/mol. The molecule has 0 saturated carbocycles. The summed E-state index contributed by atoms with van der Waals surface area (Å²) < 4.78 is 5.74. The summed E-state index contributed by atoms with van der Waals surface area (Å²) in [5.41, 5.74) is 11.1. The molecule has 0 bridgehead atoms. The molecule has 5 rings (SSSR count). The Bertz CT molecular complexity index is 1240. The van der Waals surface area contributed by atoms with Crippen molar-refractivity contribution in [1.82, 2.24) is 9.88 Å². The third-order valence-electron chi connectivity index (χ3n) is 6.97. The van der Waals surface area contributed by atoms with Gasteiger partial charge in [0.2, 0.25) is 5.88 Å². The number of piperidine rings is 1. The van der Waals surface area contributed by atoms with E-state index in [0.717, 1.165) is 36.1 Å². The minimum Gasteiger partial charge on any atom is -0.439 e. The van der Waals surface area contributed by atoms with Crippen molar-refractivity contribution in [2.24, 2.45) is 16.1 Å². The predicted octanol–water partition coefficient (Wildman–Crippen LogP) is 4.61. The lowest BCUT2D eigenvalue weighted by Gasteiger charge is -2.46. The van der Waals surface area contributed by atoms with E-state index in [1.807, 2.05) is 48.3 Å². The van der Waals surface area contributed by atoms with Crippen LogP contribution in [-0.4, -0.2) is 41.6 Å². The number of fused-ring (bicyclic) bond motifs is 1. The molecule has 6 nitrogen and oxygen atoms in total. The van der Waals surface area contributed by atoms with Crippen LogP contribution in [0, 0.1) is 5.41 Å². The largest absolute Gasteiger partial charge is 0.439 e. The monoisotopic (exact) mass is 452 g/mol. The summed E-state index contributed by atoms with van der Waals surface area (Å²) in [5.74, 6) is 1.17. The average Bonchev–Trinajstić information content (AvgIpc) is 2.89. The smallest absolute Gasteiger partial charge is 0.255 e. The fourth-order valence-electron chi connectivity index (χ4n) is 5.20. The van der Waals surface area contributed by atoms with Crippen LogP contribution in [0.15, 0.2) is 89.7 Å². The van der Waals surface area contributed by atoms with Crippen molar-refractivity contribution < 1.29 is 9.53 Å². The molecule has 1 aliphatic carbocycles. The third-order valence-corrected chi connectivity index (χ3v) is 6.97. The second-order valence-electron chi connectivity index (χ2n) is 8.86. The highest BCUT2D eigenvalue weighted by Gasteiger charge is 2.44. The van der Waals surface area contributed by atoms with E-state index in [2.05, 4.69) is 28.2 Å². The molecule has 1 aliphatic heterocycles. The highest BCUT2D eigenvalue weighted by atomic mass is 16.5. The van der Waals surface area contributed by atoms with Crippen molar-refractivity contribution in [3.8, 4) is 11.6 Å². The zero-order chi connectivity index (χ0) is 23.5. The molecule has 6 heteroatoms. The Labute approximate surface area is 199 Å². The maximum Gasteiger partial charge on any atom is 0.255 e. The van der Waals surface area contributed by atoms with Gasteiger partial charge in [-0.2, -0.15) is 0 Å². The summed E-state index contributed by atoms with van der Waals surface area (Å²) in [6.45, 7) is 1.33. The Morgan fingerprint density at radius 2 is 1.79 bits per heavy atom. The van der Waals surface area contributed by atoms with Gasteiger partial charge in [-0.1, -0.05) is 42.5 Å². The number of ether oxygens (including phenoxy) is 1. The minimum atomic E-state index is -0.0969. The van der Waals surface area contributed by atoms with E-state index in [1.54, 1.807) is 24.5 Å². The number of rotatable bonds is 3. The first-order valence-corrected chi connectivity index (χ1v) is 11.6. The van der Waals surface area contributed by atoms with E-state index in [1.165, 1.54) is 5.56 Å². The van der Waals surface area contributed by atoms with Gasteiger partial charge in [-0.05, 0) is 49.2 Å². The van der Waals surface area contributed by atoms with Crippen LogP contribution in [0.4, 0.5) is 0 Å². The number of aliphatic imine (C=N–C) groups is 1. The molecule has 1 amide bonds. The number of aromatic nitrogens is 1. The van der Waals surface area contributed by atoms with Gasteiger partial charge < -0.3 is 15.4 Å². The van der Waals surface area contributed by atoms with Gasteiger partial charge in [0.05, 0.1) is 11.3 Å².